The highest BCUT2D eigenvalue weighted by atomic mass is 28.4. The SMILES string of the molecule is CCCCCCCCCCCCCCCCO[Si](C)(C)Oc1ccccc1C(C)C. The summed E-state index contributed by atoms with van der Waals surface area (Å²) in [6.07, 6.45) is 19.4. The molecule has 1 aromatic rings. The standard InChI is InChI=1S/C27H50O2Si/c1-6-7-8-9-10-11-12-13-14-15-16-17-18-21-24-28-30(4,5)29-27-23-20-19-22-26(27)25(2)3/h19-20,22-23,25H,6-18,21,24H2,1-5H3. The minimum absolute atomic E-state index is 0.469. The van der Waals surface area contributed by atoms with E-state index in [0.29, 0.717) is 5.92 Å². The van der Waals surface area contributed by atoms with Crippen LogP contribution in [0.25, 0.3) is 0 Å². The number of para-hydroxylation sites is 1. The van der Waals surface area contributed by atoms with Crippen LogP contribution in [0, 0.1) is 0 Å². The molecule has 0 spiro atoms. The molecular formula is C27H50O2Si. The molecule has 1 aromatic carbocycles. The first-order valence-corrected chi connectivity index (χ1v) is 15.7. The maximum atomic E-state index is 6.33. The molecule has 1 rings (SSSR count). The summed E-state index contributed by atoms with van der Waals surface area (Å²) in [6, 6.07) is 8.39. The van der Waals surface area contributed by atoms with Crippen molar-refractivity contribution < 1.29 is 8.85 Å². The maximum absolute atomic E-state index is 6.33. The van der Waals surface area contributed by atoms with Crippen LogP contribution in [0.2, 0.25) is 13.1 Å². The second kappa shape index (κ2) is 16.8. The Morgan fingerprint density at radius 2 is 1.17 bits per heavy atom. The molecule has 0 N–H and O–H groups in total. The van der Waals surface area contributed by atoms with Crippen molar-refractivity contribution in [2.24, 2.45) is 0 Å². The van der Waals surface area contributed by atoms with Crippen molar-refractivity contribution in [3.63, 3.8) is 0 Å². The zero-order valence-electron chi connectivity index (χ0n) is 20.8. The zero-order chi connectivity index (χ0) is 22.1. The molecular weight excluding hydrogens is 384 g/mol. The summed E-state index contributed by atoms with van der Waals surface area (Å²) < 4.78 is 12.5. The van der Waals surface area contributed by atoms with Crippen LogP contribution in [0.3, 0.4) is 0 Å². The van der Waals surface area contributed by atoms with Gasteiger partial charge in [0.05, 0.1) is 0 Å². The summed E-state index contributed by atoms with van der Waals surface area (Å²) in [4.78, 5) is 0. The van der Waals surface area contributed by atoms with E-state index in [4.69, 9.17) is 8.85 Å². The van der Waals surface area contributed by atoms with Crippen LogP contribution in [0.15, 0.2) is 24.3 Å². The first-order chi connectivity index (χ1) is 14.5. The fourth-order valence-corrected chi connectivity index (χ4v) is 5.37. The summed E-state index contributed by atoms with van der Waals surface area (Å²) in [5.41, 5.74) is 1.28. The van der Waals surface area contributed by atoms with Gasteiger partial charge in [-0.2, -0.15) is 0 Å². The molecule has 174 valence electrons. The first-order valence-electron chi connectivity index (χ1n) is 12.9. The maximum Gasteiger partial charge on any atom is 0.392 e. The fourth-order valence-electron chi connectivity index (χ4n) is 3.96. The lowest BCUT2D eigenvalue weighted by Gasteiger charge is -2.26. The lowest BCUT2D eigenvalue weighted by atomic mass is 10.0. The van der Waals surface area contributed by atoms with Gasteiger partial charge in [0.1, 0.15) is 5.75 Å². The van der Waals surface area contributed by atoms with E-state index in [1.54, 1.807) is 0 Å². The Balaban J connectivity index is 2.00. The minimum atomic E-state index is -2.13. The van der Waals surface area contributed by atoms with E-state index in [9.17, 15) is 0 Å². The second-order valence-corrected chi connectivity index (χ2v) is 12.9. The normalized spacial score (nSPS) is 11.9. The van der Waals surface area contributed by atoms with Crippen molar-refractivity contribution in [3.8, 4) is 5.75 Å². The van der Waals surface area contributed by atoms with Gasteiger partial charge in [-0.25, -0.2) is 0 Å². The predicted molar refractivity (Wildman–Crippen MR) is 135 cm³/mol. The van der Waals surface area contributed by atoms with E-state index in [2.05, 4.69) is 58.1 Å². The van der Waals surface area contributed by atoms with Crippen LogP contribution in [0.1, 0.15) is 122 Å². The van der Waals surface area contributed by atoms with Gasteiger partial charge in [-0.05, 0) is 37.1 Å². The summed E-state index contributed by atoms with van der Waals surface area (Å²) in [6.45, 7) is 11.9. The van der Waals surface area contributed by atoms with Gasteiger partial charge in [0.2, 0.25) is 0 Å². The lowest BCUT2D eigenvalue weighted by molar-refractivity contribution is 0.240. The molecule has 0 aliphatic heterocycles. The summed E-state index contributed by atoms with van der Waals surface area (Å²) in [5.74, 6) is 1.47. The molecule has 0 aromatic heterocycles. The van der Waals surface area contributed by atoms with Gasteiger partial charge in [-0.3, -0.25) is 0 Å². The largest absolute Gasteiger partial charge is 0.520 e. The van der Waals surface area contributed by atoms with Crippen LogP contribution >= 0.6 is 0 Å². The minimum Gasteiger partial charge on any atom is -0.520 e. The third kappa shape index (κ3) is 13.5. The Morgan fingerprint density at radius 3 is 1.67 bits per heavy atom. The number of rotatable bonds is 19. The van der Waals surface area contributed by atoms with Crippen LogP contribution in [-0.2, 0) is 4.43 Å². The average molecular weight is 435 g/mol. The van der Waals surface area contributed by atoms with Gasteiger partial charge in [-0.1, -0.05) is 122 Å². The molecule has 3 heteroatoms. The summed E-state index contributed by atoms with van der Waals surface area (Å²) >= 11 is 0. The third-order valence-electron chi connectivity index (χ3n) is 5.84. The Labute approximate surface area is 189 Å². The van der Waals surface area contributed by atoms with Crippen LogP contribution < -0.4 is 4.43 Å². The van der Waals surface area contributed by atoms with Crippen molar-refractivity contribution >= 4 is 8.56 Å². The number of benzene rings is 1. The highest BCUT2D eigenvalue weighted by Gasteiger charge is 2.27. The molecule has 0 radical (unpaired) electrons. The Kier molecular flexibility index (Phi) is 15.3. The predicted octanol–water partition coefficient (Wildman–Crippen LogP) is 9.39. The quantitative estimate of drug-likeness (QED) is 0.159. The lowest BCUT2D eigenvalue weighted by Crippen LogP contribution is -2.39. The molecule has 0 aliphatic rings. The average Bonchev–Trinajstić information content (AvgIpc) is 2.70. The van der Waals surface area contributed by atoms with Crippen molar-refractivity contribution in [1.29, 1.82) is 0 Å². The summed E-state index contributed by atoms with van der Waals surface area (Å²) in [7, 11) is -2.13. The van der Waals surface area contributed by atoms with E-state index in [-0.39, 0.29) is 0 Å². The van der Waals surface area contributed by atoms with Gasteiger partial charge in [0.25, 0.3) is 0 Å². The summed E-state index contributed by atoms with van der Waals surface area (Å²) in [5, 5.41) is 0. The van der Waals surface area contributed by atoms with Crippen molar-refractivity contribution in [2.45, 2.75) is 130 Å². The molecule has 0 saturated heterocycles. The molecule has 0 atom stereocenters. The molecule has 30 heavy (non-hydrogen) atoms. The van der Waals surface area contributed by atoms with Gasteiger partial charge < -0.3 is 8.85 Å². The van der Waals surface area contributed by atoms with Gasteiger partial charge in [0, 0.05) is 6.61 Å². The highest BCUT2D eigenvalue weighted by Crippen LogP contribution is 2.28. The smallest absolute Gasteiger partial charge is 0.392 e. The van der Waals surface area contributed by atoms with E-state index in [0.717, 1.165) is 18.8 Å². The third-order valence-corrected chi connectivity index (χ3v) is 7.46. The Hall–Kier alpha value is -0.803. The fraction of sp³-hybridized carbons (Fsp3) is 0.778. The zero-order valence-corrected chi connectivity index (χ0v) is 21.8. The number of unbranched alkanes of at least 4 members (excludes halogenated alkanes) is 13. The molecule has 0 fully saturated rings. The Bertz CT molecular complexity index is 527. The van der Waals surface area contributed by atoms with Crippen LogP contribution in [0.4, 0.5) is 0 Å². The topological polar surface area (TPSA) is 18.5 Å². The molecule has 0 amide bonds. The van der Waals surface area contributed by atoms with Crippen molar-refractivity contribution in [3.05, 3.63) is 29.8 Å². The second-order valence-electron chi connectivity index (χ2n) is 9.64. The van der Waals surface area contributed by atoms with Gasteiger partial charge in [0.15, 0.2) is 0 Å². The van der Waals surface area contributed by atoms with Crippen molar-refractivity contribution in [1.82, 2.24) is 0 Å². The molecule has 2 nitrogen and oxygen atoms in total. The van der Waals surface area contributed by atoms with Crippen LogP contribution in [0.5, 0.6) is 5.75 Å². The Morgan fingerprint density at radius 1 is 0.700 bits per heavy atom. The first kappa shape index (κ1) is 27.2. The molecule has 0 saturated carbocycles. The molecule has 0 heterocycles. The van der Waals surface area contributed by atoms with Gasteiger partial charge in [-0.15, -0.1) is 0 Å². The molecule has 0 bridgehead atoms. The van der Waals surface area contributed by atoms with E-state index in [1.807, 2.05) is 0 Å². The molecule has 0 unspecified atom stereocenters. The monoisotopic (exact) mass is 434 g/mol. The van der Waals surface area contributed by atoms with Crippen molar-refractivity contribution in [2.75, 3.05) is 6.61 Å². The number of hydrogen-bond acceptors (Lipinski definition) is 2. The van der Waals surface area contributed by atoms with Gasteiger partial charge >= 0.3 is 8.56 Å². The van der Waals surface area contributed by atoms with E-state index >= 15 is 0 Å². The van der Waals surface area contributed by atoms with E-state index in [1.165, 1.54) is 89.0 Å². The van der Waals surface area contributed by atoms with Crippen LogP contribution in [-0.4, -0.2) is 15.2 Å². The molecule has 0 aliphatic carbocycles. The van der Waals surface area contributed by atoms with E-state index < -0.39 is 8.56 Å². The number of hydrogen-bond donors (Lipinski definition) is 0. The highest BCUT2D eigenvalue weighted by molar-refractivity contribution is 6.65.